The van der Waals surface area contributed by atoms with Crippen LogP contribution in [0.15, 0.2) is 0 Å². The van der Waals surface area contributed by atoms with Gasteiger partial charge in [0.25, 0.3) is 10.2 Å². The van der Waals surface area contributed by atoms with E-state index in [1.165, 1.54) is 0 Å². The normalized spacial score (nSPS) is 21.6. The molecule has 1 aliphatic heterocycles. The fraction of sp³-hybridized carbons (Fsp3) is 1.00. The lowest BCUT2D eigenvalue weighted by atomic mass is 10.0. The van der Waals surface area contributed by atoms with Crippen LogP contribution in [0.1, 0.15) is 26.7 Å². The summed E-state index contributed by atoms with van der Waals surface area (Å²) < 4.78 is 28.8. The van der Waals surface area contributed by atoms with Gasteiger partial charge in [-0.15, -0.1) is 0 Å². The number of aliphatic hydroxyl groups is 1. The monoisotopic (exact) mass is 321 g/mol. The van der Waals surface area contributed by atoms with E-state index >= 15 is 0 Å². The lowest BCUT2D eigenvalue weighted by Gasteiger charge is -2.36. The molecule has 0 aromatic carbocycles. The minimum atomic E-state index is -3.43. The molecule has 0 radical (unpaired) electrons. The molecule has 0 aromatic heterocycles. The van der Waals surface area contributed by atoms with Crippen molar-refractivity contribution in [3.8, 4) is 0 Å². The first-order valence-corrected chi connectivity index (χ1v) is 9.17. The van der Waals surface area contributed by atoms with E-state index in [0.717, 1.165) is 12.8 Å². The Hall–Kier alpha value is -0.210. The minimum Gasteiger partial charge on any atom is -0.396 e. The van der Waals surface area contributed by atoms with Crippen LogP contribution in [0, 0.1) is 11.8 Å². The summed E-state index contributed by atoms with van der Waals surface area (Å²) in [7, 11) is 0.466. The van der Waals surface area contributed by atoms with Crippen LogP contribution in [0.5, 0.6) is 0 Å². The van der Waals surface area contributed by atoms with E-state index in [9.17, 15) is 13.5 Å². The number of hydrogen-bond acceptors (Lipinski definition) is 4. The molecule has 1 N–H and O–H groups in total. The molecule has 7 heteroatoms. The van der Waals surface area contributed by atoms with Crippen LogP contribution in [-0.2, 0) is 10.2 Å². The Labute approximate surface area is 129 Å². The SMILES string of the molecule is CC(C)CN(CCN(C)C)S(=O)(=O)N1CCCC(CO)C1. The number of rotatable bonds is 8. The van der Waals surface area contributed by atoms with E-state index in [4.69, 9.17) is 0 Å². The Bertz CT molecular complexity index is 398. The molecule has 0 bridgehead atoms. The second kappa shape index (κ2) is 8.43. The van der Waals surface area contributed by atoms with E-state index in [2.05, 4.69) is 0 Å². The molecule has 6 nitrogen and oxygen atoms in total. The maximum absolute atomic E-state index is 12.8. The van der Waals surface area contributed by atoms with Crippen molar-refractivity contribution >= 4 is 10.2 Å². The Morgan fingerprint density at radius 3 is 2.48 bits per heavy atom. The third-order valence-corrected chi connectivity index (χ3v) is 5.73. The summed E-state index contributed by atoms with van der Waals surface area (Å²) in [5.74, 6) is 0.364. The van der Waals surface area contributed by atoms with E-state index in [-0.39, 0.29) is 12.5 Å². The zero-order valence-electron chi connectivity index (χ0n) is 13.8. The van der Waals surface area contributed by atoms with Crippen LogP contribution in [0.4, 0.5) is 0 Å². The van der Waals surface area contributed by atoms with Crippen molar-refractivity contribution < 1.29 is 13.5 Å². The summed E-state index contributed by atoms with van der Waals surface area (Å²) in [5, 5.41) is 9.29. The molecule has 21 heavy (non-hydrogen) atoms. The van der Waals surface area contributed by atoms with Crippen molar-refractivity contribution in [3.63, 3.8) is 0 Å². The van der Waals surface area contributed by atoms with Crippen molar-refractivity contribution in [2.75, 3.05) is 53.4 Å². The Morgan fingerprint density at radius 2 is 1.95 bits per heavy atom. The zero-order valence-corrected chi connectivity index (χ0v) is 14.6. The van der Waals surface area contributed by atoms with Crippen LogP contribution in [0.2, 0.25) is 0 Å². The van der Waals surface area contributed by atoms with Gasteiger partial charge in [-0.1, -0.05) is 13.8 Å². The predicted molar refractivity (Wildman–Crippen MR) is 85.3 cm³/mol. The molecule has 1 aliphatic rings. The summed E-state index contributed by atoms with van der Waals surface area (Å²) >= 11 is 0. The molecule has 1 saturated heterocycles. The van der Waals surface area contributed by atoms with Gasteiger partial charge in [0.2, 0.25) is 0 Å². The fourth-order valence-electron chi connectivity index (χ4n) is 2.57. The van der Waals surface area contributed by atoms with Crippen molar-refractivity contribution in [1.29, 1.82) is 0 Å². The van der Waals surface area contributed by atoms with Gasteiger partial charge in [-0.2, -0.15) is 17.0 Å². The third kappa shape index (κ3) is 5.83. The molecular weight excluding hydrogens is 290 g/mol. The molecule has 1 heterocycles. The number of nitrogens with zero attached hydrogens (tertiary/aromatic N) is 3. The van der Waals surface area contributed by atoms with Crippen molar-refractivity contribution in [2.24, 2.45) is 11.8 Å². The molecule has 0 saturated carbocycles. The van der Waals surface area contributed by atoms with Gasteiger partial charge in [0.15, 0.2) is 0 Å². The molecular formula is C14H31N3O3S. The van der Waals surface area contributed by atoms with Crippen LogP contribution in [-0.4, -0.2) is 80.5 Å². The van der Waals surface area contributed by atoms with Crippen LogP contribution in [0.3, 0.4) is 0 Å². The third-order valence-electron chi connectivity index (χ3n) is 3.76. The molecule has 0 amide bonds. The van der Waals surface area contributed by atoms with Gasteiger partial charge in [-0.25, -0.2) is 0 Å². The highest BCUT2D eigenvalue weighted by molar-refractivity contribution is 7.86. The average molecular weight is 321 g/mol. The van der Waals surface area contributed by atoms with Gasteiger partial charge in [-0.05, 0) is 38.8 Å². The predicted octanol–water partition coefficient (Wildman–Crippen LogP) is 0.455. The van der Waals surface area contributed by atoms with E-state index in [1.54, 1.807) is 8.61 Å². The molecule has 1 rings (SSSR count). The summed E-state index contributed by atoms with van der Waals surface area (Å²) in [6.07, 6.45) is 1.73. The number of likely N-dealkylation sites (N-methyl/N-ethyl adjacent to an activating group) is 1. The molecule has 1 atom stereocenters. The smallest absolute Gasteiger partial charge is 0.282 e. The van der Waals surface area contributed by atoms with Crippen LogP contribution >= 0.6 is 0 Å². The largest absolute Gasteiger partial charge is 0.396 e. The maximum atomic E-state index is 12.8. The highest BCUT2D eigenvalue weighted by Crippen LogP contribution is 2.21. The Balaban J connectivity index is 2.81. The maximum Gasteiger partial charge on any atom is 0.282 e. The topological polar surface area (TPSA) is 64.1 Å². The van der Waals surface area contributed by atoms with Gasteiger partial charge in [0.05, 0.1) is 0 Å². The Morgan fingerprint density at radius 1 is 1.29 bits per heavy atom. The summed E-state index contributed by atoms with van der Waals surface area (Å²) in [6, 6.07) is 0. The van der Waals surface area contributed by atoms with Crippen LogP contribution in [0.25, 0.3) is 0 Å². The fourth-order valence-corrected chi connectivity index (χ4v) is 4.45. The van der Waals surface area contributed by atoms with Gasteiger partial charge in [0.1, 0.15) is 0 Å². The first kappa shape index (κ1) is 18.8. The van der Waals surface area contributed by atoms with Gasteiger partial charge in [0, 0.05) is 39.3 Å². The second-order valence-electron chi connectivity index (χ2n) is 6.61. The number of aliphatic hydroxyl groups excluding tert-OH is 1. The van der Waals surface area contributed by atoms with Crippen LogP contribution < -0.4 is 0 Å². The van der Waals surface area contributed by atoms with E-state index < -0.39 is 10.2 Å². The number of hydrogen-bond donors (Lipinski definition) is 1. The van der Waals surface area contributed by atoms with Crippen molar-refractivity contribution in [2.45, 2.75) is 26.7 Å². The average Bonchev–Trinajstić information content (AvgIpc) is 2.42. The first-order chi connectivity index (χ1) is 9.77. The van der Waals surface area contributed by atoms with E-state index in [0.29, 0.717) is 38.6 Å². The highest BCUT2D eigenvalue weighted by Gasteiger charge is 2.33. The number of piperidine rings is 1. The van der Waals surface area contributed by atoms with Gasteiger partial charge < -0.3 is 10.0 Å². The van der Waals surface area contributed by atoms with Crippen molar-refractivity contribution in [1.82, 2.24) is 13.5 Å². The second-order valence-corrected chi connectivity index (χ2v) is 8.54. The standard InChI is InChI=1S/C14H31N3O3S/c1-13(2)10-17(9-8-15(3)4)21(19,20)16-7-5-6-14(11-16)12-18/h13-14,18H,5-12H2,1-4H3. The van der Waals surface area contributed by atoms with E-state index in [1.807, 2.05) is 32.8 Å². The zero-order chi connectivity index (χ0) is 16.0. The molecule has 1 unspecified atom stereocenters. The summed E-state index contributed by atoms with van der Waals surface area (Å²) in [5.41, 5.74) is 0. The van der Waals surface area contributed by atoms with Gasteiger partial charge in [-0.3, -0.25) is 0 Å². The lowest BCUT2D eigenvalue weighted by molar-refractivity contribution is 0.159. The van der Waals surface area contributed by atoms with Crippen molar-refractivity contribution in [3.05, 3.63) is 0 Å². The minimum absolute atomic E-state index is 0.0634. The lowest BCUT2D eigenvalue weighted by Crippen LogP contribution is -2.50. The quantitative estimate of drug-likeness (QED) is 0.705. The van der Waals surface area contributed by atoms with Gasteiger partial charge >= 0.3 is 0 Å². The molecule has 0 aromatic rings. The molecule has 0 spiro atoms. The summed E-state index contributed by atoms with van der Waals surface area (Å²) in [4.78, 5) is 2.00. The highest BCUT2D eigenvalue weighted by atomic mass is 32.2. The molecule has 1 fully saturated rings. The molecule has 0 aliphatic carbocycles. The first-order valence-electron chi connectivity index (χ1n) is 7.78. The molecule has 126 valence electrons. The summed E-state index contributed by atoms with van der Waals surface area (Å²) in [6.45, 7) is 6.89. The Kier molecular flexibility index (Phi) is 7.56.